The number of nitrogens with one attached hydrogen (secondary N) is 1. The molecule has 0 radical (unpaired) electrons. The zero-order chi connectivity index (χ0) is 12.1. The van der Waals surface area contributed by atoms with Crippen LogP contribution in [0.2, 0.25) is 0 Å². The minimum Gasteiger partial charge on any atom is -0.497 e. The minimum atomic E-state index is 0.0229. The lowest BCUT2D eigenvalue weighted by molar-refractivity contribution is 0.218. The number of rotatable bonds is 4. The summed E-state index contributed by atoms with van der Waals surface area (Å²) in [6.45, 7) is 1.62. The van der Waals surface area contributed by atoms with Crippen LogP contribution in [0.4, 0.5) is 4.79 Å². The molecule has 0 bridgehead atoms. The lowest BCUT2D eigenvalue weighted by Crippen LogP contribution is -2.42. The monoisotopic (exact) mass is 252 g/mol. The average Bonchev–Trinajstić information content (AvgIpc) is 2.38. The molecule has 1 aliphatic heterocycles. The van der Waals surface area contributed by atoms with Gasteiger partial charge in [0.05, 0.1) is 7.11 Å². The zero-order valence-electron chi connectivity index (χ0n) is 9.81. The SMILES string of the molecule is COc1ccc(CSN2CCCNC2=O)cc1. The van der Waals surface area contributed by atoms with E-state index < -0.39 is 0 Å². The van der Waals surface area contributed by atoms with Gasteiger partial charge < -0.3 is 10.1 Å². The van der Waals surface area contributed by atoms with Gasteiger partial charge in [0.25, 0.3) is 0 Å². The molecule has 5 heteroatoms. The van der Waals surface area contributed by atoms with Gasteiger partial charge in [-0.3, -0.25) is 4.31 Å². The molecule has 2 amide bonds. The van der Waals surface area contributed by atoms with E-state index in [2.05, 4.69) is 5.32 Å². The normalized spacial score (nSPS) is 15.6. The highest BCUT2D eigenvalue weighted by Crippen LogP contribution is 2.20. The van der Waals surface area contributed by atoms with E-state index in [-0.39, 0.29) is 6.03 Å². The van der Waals surface area contributed by atoms with E-state index in [1.165, 1.54) is 5.56 Å². The van der Waals surface area contributed by atoms with Crippen LogP contribution >= 0.6 is 11.9 Å². The van der Waals surface area contributed by atoms with Crippen LogP contribution in [0.1, 0.15) is 12.0 Å². The van der Waals surface area contributed by atoms with Crippen molar-refractivity contribution in [3.63, 3.8) is 0 Å². The predicted octanol–water partition coefficient (Wildman–Crippen LogP) is 2.26. The summed E-state index contributed by atoms with van der Waals surface area (Å²) in [5.74, 6) is 1.66. The van der Waals surface area contributed by atoms with Crippen molar-refractivity contribution in [2.24, 2.45) is 0 Å². The summed E-state index contributed by atoms with van der Waals surface area (Å²) in [6.07, 6.45) is 1.02. The maximum absolute atomic E-state index is 11.5. The molecule has 4 nitrogen and oxygen atoms in total. The van der Waals surface area contributed by atoms with Gasteiger partial charge in [0.1, 0.15) is 5.75 Å². The minimum absolute atomic E-state index is 0.0229. The Hall–Kier alpha value is -1.36. The van der Waals surface area contributed by atoms with Crippen LogP contribution in [0, 0.1) is 0 Å². The quantitative estimate of drug-likeness (QED) is 0.836. The van der Waals surface area contributed by atoms with Crippen molar-refractivity contribution in [3.8, 4) is 5.75 Å². The molecule has 0 spiro atoms. The number of carbonyl (C=O) groups is 1. The van der Waals surface area contributed by atoms with Gasteiger partial charge in [0, 0.05) is 18.8 Å². The Morgan fingerprint density at radius 1 is 1.41 bits per heavy atom. The molecule has 0 saturated carbocycles. The number of methoxy groups -OCH3 is 1. The Morgan fingerprint density at radius 3 is 2.82 bits per heavy atom. The molecule has 1 fully saturated rings. The van der Waals surface area contributed by atoms with Crippen LogP contribution < -0.4 is 10.1 Å². The fraction of sp³-hybridized carbons (Fsp3) is 0.417. The van der Waals surface area contributed by atoms with Gasteiger partial charge in [-0.2, -0.15) is 0 Å². The van der Waals surface area contributed by atoms with Crippen LogP contribution in [0.3, 0.4) is 0 Å². The second-order valence-electron chi connectivity index (χ2n) is 3.81. The number of carbonyl (C=O) groups excluding carboxylic acids is 1. The summed E-state index contributed by atoms with van der Waals surface area (Å²) < 4.78 is 6.88. The van der Waals surface area contributed by atoms with Crippen molar-refractivity contribution in [2.45, 2.75) is 12.2 Å². The maximum atomic E-state index is 11.5. The molecule has 1 aromatic carbocycles. The number of ether oxygens (including phenoxy) is 1. The van der Waals surface area contributed by atoms with Gasteiger partial charge in [0.2, 0.25) is 0 Å². The van der Waals surface area contributed by atoms with Crippen LogP contribution in [0.15, 0.2) is 24.3 Å². The van der Waals surface area contributed by atoms with Crippen molar-refractivity contribution in [1.29, 1.82) is 0 Å². The molecule has 2 rings (SSSR count). The molecular formula is C12H16N2O2S. The largest absolute Gasteiger partial charge is 0.497 e. The fourth-order valence-electron chi connectivity index (χ4n) is 1.61. The Balaban J connectivity index is 1.86. The third-order valence-electron chi connectivity index (χ3n) is 2.59. The average molecular weight is 252 g/mol. The van der Waals surface area contributed by atoms with Gasteiger partial charge >= 0.3 is 6.03 Å². The molecular weight excluding hydrogens is 236 g/mol. The number of amides is 2. The third-order valence-corrected chi connectivity index (χ3v) is 3.71. The van der Waals surface area contributed by atoms with E-state index >= 15 is 0 Å². The van der Waals surface area contributed by atoms with Gasteiger partial charge in [-0.1, -0.05) is 12.1 Å². The van der Waals surface area contributed by atoms with Crippen LogP contribution in [-0.2, 0) is 5.75 Å². The smallest absolute Gasteiger partial charge is 0.327 e. The molecule has 1 N–H and O–H groups in total. The summed E-state index contributed by atoms with van der Waals surface area (Å²) >= 11 is 1.55. The molecule has 1 aliphatic rings. The van der Waals surface area contributed by atoms with Crippen molar-refractivity contribution in [3.05, 3.63) is 29.8 Å². The number of nitrogens with zero attached hydrogens (tertiary/aromatic N) is 1. The summed E-state index contributed by atoms with van der Waals surface area (Å²) in [7, 11) is 1.65. The predicted molar refractivity (Wildman–Crippen MR) is 69.0 cm³/mol. The maximum Gasteiger partial charge on any atom is 0.327 e. The molecule has 0 aliphatic carbocycles. The van der Waals surface area contributed by atoms with E-state index in [1.807, 2.05) is 24.3 Å². The van der Waals surface area contributed by atoms with Crippen LogP contribution in [0.25, 0.3) is 0 Å². The van der Waals surface area contributed by atoms with Crippen molar-refractivity contribution < 1.29 is 9.53 Å². The second kappa shape index (κ2) is 5.82. The molecule has 1 saturated heterocycles. The fourth-order valence-corrected chi connectivity index (χ4v) is 2.54. The standard InChI is InChI=1S/C12H16N2O2S/c1-16-11-5-3-10(4-6-11)9-17-14-8-2-7-13-12(14)15/h3-6H,2,7-9H2,1H3,(H,13,15). The summed E-state index contributed by atoms with van der Waals surface area (Å²) in [4.78, 5) is 11.5. The highest BCUT2D eigenvalue weighted by atomic mass is 32.2. The van der Waals surface area contributed by atoms with Crippen LogP contribution in [-0.4, -0.2) is 30.5 Å². The second-order valence-corrected chi connectivity index (χ2v) is 4.80. The number of hydrogen-bond donors (Lipinski definition) is 1. The lowest BCUT2D eigenvalue weighted by Gasteiger charge is -2.25. The number of urea groups is 1. The van der Waals surface area contributed by atoms with Crippen LogP contribution in [0.5, 0.6) is 5.75 Å². The summed E-state index contributed by atoms with van der Waals surface area (Å²) in [5.41, 5.74) is 1.19. The number of hydrogen-bond acceptors (Lipinski definition) is 3. The Morgan fingerprint density at radius 2 is 2.18 bits per heavy atom. The molecule has 1 aromatic rings. The van der Waals surface area contributed by atoms with E-state index in [4.69, 9.17) is 4.74 Å². The number of benzene rings is 1. The first-order valence-corrected chi connectivity index (χ1v) is 6.55. The molecule has 17 heavy (non-hydrogen) atoms. The van der Waals surface area contributed by atoms with Crippen molar-refractivity contribution in [1.82, 2.24) is 9.62 Å². The Kier molecular flexibility index (Phi) is 4.14. The Labute approximate surface area is 105 Å². The highest BCUT2D eigenvalue weighted by Gasteiger charge is 2.17. The van der Waals surface area contributed by atoms with E-state index in [1.54, 1.807) is 23.4 Å². The molecule has 0 atom stereocenters. The zero-order valence-corrected chi connectivity index (χ0v) is 10.6. The van der Waals surface area contributed by atoms with Gasteiger partial charge in [0.15, 0.2) is 0 Å². The first-order valence-electron chi connectivity index (χ1n) is 5.61. The summed E-state index contributed by atoms with van der Waals surface area (Å²) in [6, 6.07) is 7.94. The molecule has 0 unspecified atom stereocenters. The highest BCUT2D eigenvalue weighted by molar-refractivity contribution is 7.96. The van der Waals surface area contributed by atoms with Gasteiger partial charge in [-0.05, 0) is 36.1 Å². The topological polar surface area (TPSA) is 41.6 Å². The van der Waals surface area contributed by atoms with E-state index in [9.17, 15) is 4.79 Å². The third kappa shape index (κ3) is 3.30. The van der Waals surface area contributed by atoms with E-state index in [0.717, 1.165) is 31.0 Å². The Bertz CT molecular complexity index is 381. The van der Waals surface area contributed by atoms with Crippen molar-refractivity contribution in [2.75, 3.05) is 20.2 Å². The van der Waals surface area contributed by atoms with Gasteiger partial charge in [-0.15, -0.1) is 0 Å². The molecule has 92 valence electrons. The first-order chi connectivity index (χ1) is 8.29. The lowest BCUT2D eigenvalue weighted by atomic mass is 10.2. The van der Waals surface area contributed by atoms with Gasteiger partial charge in [-0.25, -0.2) is 4.79 Å². The van der Waals surface area contributed by atoms with Crippen molar-refractivity contribution >= 4 is 18.0 Å². The molecule has 0 aromatic heterocycles. The van der Waals surface area contributed by atoms with E-state index in [0.29, 0.717) is 0 Å². The molecule has 1 heterocycles. The first kappa shape index (κ1) is 12.1. The summed E-state index contributed by atoms with van der Waals surface area (Å²) in [5, 5.41) is 2.83.